The summed E-state index contributed by atoms with van der Waals surface area (Å²) in [5.74, 6) is -1.07. The summed E-state index contributed by atoms with van der Waals surface area (Å²) in [7, 11) is -5.65. The molecule has 3 atom stereocenters. The minimum atomic E-state index is -3.87. The van der Waals surface area contributed by atoms with Crippen LogP contribution in [0.25, 0.3) is 0 Å². The number of ketones is 1. The van der Waals surface area contributed by atoms with Crippen LogP contribution in [0.1, 0.15) is 127 Å². The van der Waals surface area contributed by atoms with Crippen LogP contribution in [0.2, 0.25) is 30.1 Å². The Morgan fingerprint density at radius 1 is 0.414 bits per heavy atom. The number of benzene rings is 6. The molecule has 0 unspecified atom stereocenters. The molecule has 0 fully saturated rings. The number of amides is 2. The number of sulfonamides is 3. The van der Waals surface area contributed by atoms with E-state index in [1.807, 2.05) is 57.5 Å². The normalized spacial score (nSPS) is 16.4. The average Bonchev–Trinajstić information content (AvgIpc) is 0.782. The number of hydrogen-bond acceptors (Lipinski definition) is 19. The Morgan fingerprint density at radius 2 is 0.712 bits per heavy atom. The van der Waals surface area contributed by atoms with Crippen LogP contribution in [0.4, 0.5) is 0 Å². The number of rotatable bonds is 46. The standard InChI is InChI=1S/C77H99Cl6N9O15S3.CH4/c1-90-47-66(63-41-56(78)44-72(81)69(63)50-90)53-8-4-12-60(38-53)108(96,97)87-23-29-105-33-32-102-26-7-11-59(93)15-18-77(84,19-16-75(94)85-21-27-103-34-36-106-30-24-88-109(98,99)61-13-5-9-54(39-61)67-48-91(2)51-70-64(67)42-57(79)45-73(70)82)20-17-76(95)86-22-28-104-35-37-107-31-25-89-110(100,101)62-14-6-10-55(40-62)68-49-92(3)52-71-65(68)43-58(80)46-74(71)83;/h4-6,8-10,12-14,38-46,66-68,87-89H,7,11,15-37,47-52,84H2,1-3H3,(H,85,94)(H,86,95);1H4/t66-,67-,68-;/m0./s1. The van der Waals surface area contributed by atoms with Gasteiger partial charge in [-0.25, -0.2) is 39.4 Å². The predicted octanol–water partition coefficient (Wildman–Crippen LogP) is 10.9. The first-order valence-corrected chi connectivity index (χ1v) is 43.4. The van der Waals surface area contributed by atoms with Gasteiger partial charge in [0.05, 0.1) is 87.4 Å². The second-order valence-electron chi connectivity index (χ2n) is 27.9. The van der Waals surface area contributed by atoms with E-state index in [0.717, 1.165) is 50.1 Å². The monoisotopic (exact) mass is 1710 g/mol. The number of fused-ring (bicyclic) bond motifs is 3. The van der Waals surface area contributed by atoms with E-state index in [0.29, 0.717) is 75.8 Å². The van der Waals surface area contributed by atoms with E-state index in [1.54, 1.807) is 72.8 Å². The van der Waals surface area contributed by atoms with Gasteiger partial charge in [-0.3, -0.25) is 14.4 Å². The molecule has 24 nitrogen and oxygen atoms in total. The zero-order chi connectivity index (χ0) is 79.0. The largest absolute Gasteiger partial charge is 0.379 e. The topological polar surface area (TPSA) is 305 Å². The number of carbonyl (C=O) groups excluding carboxylic acids is 3. The molecule has 0 aromatic heterocycles. The second-order valence-corrected chi connectivity index (χ2v) is 35.7. The molecule has 3 aliphatic rings. The molecule has 9 rings (SSSR count). The summed E-state index contributed by atoms with van der Waals surface area (Å²) in [5, 5.41) is 8.92. The summed E-state index contributed by atoms with van der Waals surface area (Å²) < 4.78 is 122. The van der Waals surface area contributed by atoms with Crippen molar-refractivity contribution in [2.75, 3.05) is 153 Å². The molecule has 6 aromatic carbocycles. The zero-order valence-electron chi connectivity index (χ0n) is 62.1. The number of likely N-dealkylation sites (N-methyl/N-ethyl adjacent to an activating group) is 3. The molecule has 7 N–H and O–H groups in total. The van der Waals surface area contributed by atoms with Gasteiger partial charge in [0.25, 0.3) is 0 Å². The molecule has 3 heterocycles. The van der Waals surface area contributed by atoms with Gasteiger partial charge in [0.2, 0.25) is 41.9 Å². The quantitative estimate of drug-likeness (QED) is 0.0194. The Balaban J connectivity index is 0.0000155. The maximum Gasteiger partial charge on any atom is 0.240 e. The third-order valence-corrected chi connectivity index (χ3v) is 25.4. The smallest absolute Gasteiger partial charge is 0.240 e. The average molecular weight is 1720 g/mol. The molecule has 111 heavy (non-hydrogen) atoms. The summed E-state index contributed by atoms with van der Waals surface area (Å²) in [5.41, 5.74) is 14.2. The van der Waals surface area contributed by atoms with Crippen molar-refractivity contribution in [3.63, 3.8) is 0 Å². The van der Waals surface area contributed by atoms with Gasteiger partial charge < -0.3 is 59.5 Å². The second kappa shape index (κ2) is 44.4. The first kappa shape index (κ1) is 91.5. The SMILES string of the molecule is C.CN1Cc2c(Cl)cc(Cl)cc2[C@H](c2cccc(S(=O)(=O)NCCOCCOCCCC(=O)CCC(N)(CCC(=O)NCCOCCOCCNS(=O)(=O)c3cccc([C@@H]4CN(C)Cc5c(Cl)cc(Cl)cc54)c3)CCC(=O)NCCOCCOCCNS(=O)(=O)c3cccc([C@@H]4CN(C)Cc5c(Cl)cc(Cl)cc54)c3)c2)C1. The Hall–Kier alpha value is -5.00. The van der Waals surface area contributed by atoms with Gasteiger partial charge in [-0.1, -0.05) is 113 Å². The number of halogens is 6. The number of nitrogens with two attached hydrogens (primary N) is 1. The summed E-state index contributed by atoms with van der Waals surface area (Å²) in [6, 6.07) is 31.3. The van der Waals surface area contributed by atoms with Gasteiger partial charge >= 0.3 is 0 Å². The highest BCUT2D eigenvalue weighted by Crippen LogP contribution is 2.42. The van der Waals surface area contributed by atoms with E-state index in [9.17, 15) is 39.6 Å². The maximum atomic E-state index is 13.4. The number of nitrogens with zero attached hydrogens (tertiary/aromatic N) is 3. The first-order chi connectivity index (χ1) is 52.6. The van der Waals surface area contributed by atoms with Crippen LogP contribution in [-0.2, 0) is 92.5 Å². The Kier molecular flexibility index (Phi) is 36.6. The summed E-state index contributed by atoms with van der Waals surface area (Å²) in [6.07, 6.45) is 1.32. The minimum absolute atomic E-state index is 0. The lowest BCUT2D eigenvalue weighted by Gasteiger charge is -2.33. The van der Waals surface area contributed by atoms with Gasteiger partial charge in [0.15, 0.2) is 0 Å². The van der Waals surface area contributed by atoms with Crippen molar-refractivity contribution in [1.82, 2.24) is 39.5 Å². The number of ether oxygens (including phenoxy) is 6. The third kappa shape index (κ3) is 28.1. The van der Waals surface area contributed by atoms with Crippen molar-refractivity contribution >= 4 is 117 Å². The molecule has 0 saturated heterocycles. The first-order valence-electron chi connectivity index (χ1n) is 36.7. The molecule has 0 saturated carbocycles. The fraction of sp³-hybridized carbons (Fsp3) is 0.500. The lowest BCUT2D eigenvalue weighted by molar-refractivity contribution is -0.121. The predicted molar refractivity (Wildman–Crippen MR) is 435 cm³/mol. The van der Waals surface area contributed by atoms with Crippen LogP contribution >= 0.6 is 69.6 Å². The van der Waals surface area contributed by atoms with Gasteiger partial charge in [0.1, 0.15) is 5.78 Å². The molecule has 2 amide bonds. The van der Waals surface area contributed by atoms with Gasteiger partial charge in [-0.2, -0.15) is 0 Å². The van der Waals surface area contributed by atoms with Crippen LogP contribution < -0.4 is 30.5 Å². The van der Waals surface area contributed by atoms with Crippen LogP contribution in [0.5, 0.6) is 0 Å². The molecule has 33 heteroatoms. The lowest BCUT2D eigenvalue weighted by Crippen LogP contribution is -2.43. The highest BCUT2D eigenvalue weighted by atomic mass is 35.5. The molecular weight excluding hydrogens is 1610 g/mol. The highest BCUT2D eigenvalue weighted by molar-refractivity contribution is 7.90. The van der Waals surface area contributed by atoms with E-state index >= 15 is 0 Å². The van der Waals surface area contributed by atoms with E-state index < -0.39 is 35.6 Å². The van der Waals surface area contributed by atoms with E-state index in [1.165, 1.54) is 0 Å². The molecule has 0 bridgehead atoms. The minimum Gasteiger partial charge on any atom is -0.379 e. The highest BCUT2D eigenvalue weighted by Gasteiger charge is 2.33. The molecular formula is C78H103Cl6N9O15S3. The van der Waals surface area contributed by atoms with Crippen molar-refractivity contribution < 1.29 is 68.1 Å². The molecule has 0 aliphatic carbocycles. The van der Waals surface area contributed by atoms with Gasteiger partial charge in [0, 0.05) is 158 Å². The molecule has 3 aliphatic heterocycles. The van der Waals surface area contributed by atoms with Crippen LogP contribution in [0, 0.1) is 0 Å². The Morgan fingerprint density at radius 3 is 1.04 bits per heavy atom. The fourth-order valence-electron chi connectivity index (χ4n) is 13.7. The Labute approximate surface area is 684 Å². The van der Waals surface area contributed by atoms with E-state index in [-0.39, 0.29) is 214 Å². The fourth-order valence-corrected chi connectivity index (χ4v) is 18.6. The summed E-state index contributed by atoms with van der Waals surface area (Å²) in [6.45, 7) is 6.39. The summed E-state index contributed by atoms with van der Waals surface area (Å²) in [4.78, 5) is 46.4. The molecule has 6 aromatic rings. The van der Waals surface area contributed by atoms with Gasteiger partial charge in [-0.15, -0.1) is 0 Å². The van der Waals surface area contributed by atoms with E-state index in [4.69, 9.17) is 104 Å². The molecule has 610 valence electrons. The van der Waals surface area contributed by atoms with Gasteiger partial charge in [-0.05, 0) is 170 Å². The van der Waals surface area contributed by atoms with Crippen molar-refractivity contribution in [3.8, 4) is 0 Å². The van der Waals surface area contributed by atoms with Crippen LogP contribution in [-0.4, -0.2) is 216 Å². The van der Waals surface area contributed by atoms with E-state index in [2.05, 4.69) is 39.5 Å². The zero-order valence-corrected chi connectivity index (χ0v) is 69.1. The molecule has 0 spiro atoms. The summed E-state index contributed by atoms with van der Waals surface area (Å²) >= 11 is 38.9. The number of carbonyl (C=O) groups is 3. The number of Topliss-reactive ketones (excluding diaryl/α,β-unsaturated/α-hetero) is 1. The van der Waals surface area contributed by atoms with Crippen molar-refractivity contribution in [2.45, 2.75) is 116 Å². The van der Waals surface area contributed by atoms with Crippen molar-refractivity contribution in [2.24, 2.45) is 5.73 Å². The Bertz CT molecular complexity index is 4020. The molecule has 0 radical (unpaired) electrons. The van der Waals surface area contributed by atoms with Crippen molar-refractivity contribution in [3.05, 3.63) is 189 Å². The number of hydrogen-bond donors (Lipinski definition) is 6. The van der Waals surface area contributed by atoms with Crippen LogP contribution in [0.15, 0.2) is 124 Å². The third-order valence-electron chi connectivity index (χ3n) is 19.4. The maximum absolute atomic E-state index is 13.4. The lowest BCUT2D eigenvalue weighted by atomic mass is 9.83. The van der Waals surface area contributed by atoms with Crippen molar-refractivity contribution in [1.29, 1.82) is 0 Å². The van der Waals surface area contributed by atoms with Crippen LogP contribution in [0.3, 0.4) is 0 Å². The number of nitrogens with one attached hydrogen (secondary N) is 5.